The highest BCUT2D eigenvalue weighted by molar-refractivity contribution is 6.44. The number of hydrogen-bond acceptors (Lipinski definition) is 3. The minimum absolute atomic E-state index is 0.241. The molecule has 1 aromatic carbocycles. The summed E-state index contributed by atoms with van der Waals surface area (Å²) in [7, 11) is 0. The van der Waals surface area contributed by atoms with Gasteiger partial charge < -0.3 is 11.1 Å². The average Bonchev–Trinajstić information content (AvgIpc) is 2.83. The molecular formula is C13H14Cl2N4O. The molecule has 106 valence electrons. The summed E-state index contributed by atoms with van der Waals surface area (Å²) < 4.78 is 0. The molecular weight excluding hydrogens is 299 g/mol. The van der Waals surface area contributed by atoms with Crippen molar-refractivity contribution < 1.29 is 4.79 Å². The molecule has 0 aliphatic heterocycles. The number of carbonyl (C=O) groups excluding carboxylic acids is 1. The van der Waals surface area contributed by atoms with E-state index < -0.39 is 0 Å². The van der Waals surface area contributed by atoms with Gasteiger partial charge >= 0.3 is 0 Å². The highest BCUT2D eigenvalue weighted by atomic mass is 35.5. The van der Waals surface area contributed by atoms with Crippen LogP contribution >= 0.6 is 23.2 Å². The second kappa shape index (κ2) is 6.15. The Morgan fingerprint density at radius 1 is 1.40 bits per heavy atom. The summed E-state index contributed by atoms with van der Waals surface area (Å²) in [6, 6.07) is 4.74. The monoisotopic (exact) mass is 312 g/mol. The number of hydrogen-bond donors (Lipinski definition) is 3. The summed E-state index contributed by atoms with van der Waals surface area (Å²) in [5, 5.41) is 10.0. The van der Waals surface area contributed by atoms with Crippen molar-refractivity contribution in [3.63, 3.8) is 0 Å². The largest absolute Gasteiger partial charge is 0.397 e. The molecule has 1 amide bonds. The van der Waals surface area contributed by atoms with Crippen molar-refractivity contribution in [1.82, 2.24) is 10.2 Å². The first-order valence-electron chi connectivity index (χ1n) is 6.11. The van der Waals surface area contributed by atoms with Crippen LogP contribution in [0.3, 0.4) is 0 Å². The summed E-state index contributed by atoms with van der Waals surface area (Å²) in [5.41, 5.74) is 7.24. The number of amides is 1. The topological polar surface area (TPSA) is 83.8 Å². The van der Waals surface area contributed by atoms with Gasteiger partial charge in [0.1, 0.15) is 0 Å². The van der Waals surface area contributed by atoms with Crippen LogP contribution in [-0.4, -0.2) is 16.1 Å². The van der Waals surface area contributed by atoms with Gasteiger partial charge in [-0.2, -0.15) is 5.10 Å². The van der Waals surface area contributed by atoms with E-state index in [0.29, 0.717) is 11.4 Å². The molecule has 5 nitrogen and oxygen atoms in total. The van der Waals surface area contributed by atoms with Crippen LogP contribution in [0.2, 0.25) is 10.0 Å². The third kappa shape index (κ3) is 3.23. The Kier molecular flexibility index (Phi) is 4.52. The van der Waals surface area contributed by atoms with Gasteiger partial charge in [-0.3, -0.25) is 9.89 Å². The van der Waals surface area contributed by atoms with Crippen molar-refractivity contribution in [2.45, 2.75) is 19.8 Å². The first-order chi connectivity index (χ1) is 9.51. The number of nitrogens with one attached hydrogen (secondary N) is 2. The normalized spacial score (nSPS) is 10.6. The number of benzene rings is 1. The number of nitrogens with zero attached hydrogens (tertiary/aromatic N) is 1. The number of H-pyrrole nitrogens is 1. The summed E-state index contributed by atoms with van der Waals surface area (Å²) in [6.45, 7) is 2.07. The number of rotatable bonds is 4. The maximum absolute atomic E-state index is 12.1. The van der Waals surface area contributed by atoms with Crippen LogP contribution < -0.4 is 11.1 Å². The molecule has 0 aliphatic rings. The van der Waals surface area contributed by atoms with E-state index in [-0.39, 0.29) is 21.6 Å². The first kappa shape index (κ1) is 14.7. The fourth-order valence-electron chi connectivity index (χ4n) is 1.75. The van der Waals surface area contributed by atoms with Crippen molar-refractivity contribution in [2.75, 3.05) is 11.1 Å². The first-order valence-corrected chi connectivity index (χ1v) is 6.87. The molecule has 1 heterocycles. The zero-order valence-corrected chi connectivity index (χ0v) is 12.3. The number of aromatic amines is 1. The molecule has 0 radical (unpaired) electrons. The van der Waals surface area contributed by atoms with Gasteiger partial charge in [-0.05, 0) is 18.6 Å². The van der Waals surface area contributed by atoms with Crippen LogP contribution in [0.5, 0.6) is 0 Å². The van der Waals surface area contributed by atoms with Crippen LogP contribution in [0, 0.1) is 0 Å². The lowest BCUT2D eigenvalue weighted by Crippen LogP contribution is -2.12. The Bertz CT molecular complexity index is 616. The Labute approximate surface area is 126 Å². The van der Waals surface area contributed by atoms with E-state index in [1.54, 1.807) is 6.07 Å². The Hall–Kier alpha value is -1.72. The number of aryl methyl sites for hydroxylation is 1. The molecule has 7 heteroatoms. The fourth-order valence-corrected chi connectivity index (χ4v) is 2.09. The average molecular weight is 313 g/mol. The maximum Gasteiger partial charge on any atom is 0.256 e. The summed E-state index contributed by atoms with van der Waals surface area (Å²) in [5.74, 6) is 0.118. The number of nitrogen functional groups attached to an aromatic ring is 1. The predicted molar refractivity (Wildman–Crippen MR) is 81.4 cm³/mol. The molecule has 4 N–H and O–H groups in total. The number of nitrogens with two attached hydrogens (primary N) is 1. The minimum Gasteiger partial charge on any atom is -0.397 e. The molecule has 1 aromatic heterocycles. The van der Waals surface area contributed by atoms with E-state index in [4.69, 9.17) is 28.9 Å². The fraction of sp³-hybridized carbons (Fsp3) is 0.231. The van der Waals surface area contributed by atoms with E-state index >= 15 is 0 Å². The van der Waals surface area contributed by atoms with Crippen LogP contribution in [0.1, 0.15) is 29.4 Å². The van der Waals surface area contributed by atoms with Gasteiger partial charge in [0.2, 0.25) is 0 Å². The summed E-state index contributed by atoms with van der Waals surface area (Å²) >= 11 is 11.7. The zero-order chi connectivity index (χ0) is 14.7. The molecule has 0 bridgehead atoms. The van der Waals surface area contributed by atoms with Gasteiger partial charge in [-0.25, -0.2) is 0 Å². The van der Waals surface area contributed by atoms with Gasteiger partial charge in [-0.15, -0.1) is 0 Å². The Balaban J connectivity index is 2.15. The van der Waals surface area contributed by atoms with Gasteiger partial charge in [0, 0.05) is 17.3 Å². The summed E-state index contributed by atoms with van der Waals surface area (Å²) in [6.07, 6.45) is 1.88. The van der Waals surface area contributed by atoms with Crippen molar-refractivity contribution in [1.29, 1.82) is 0 Å². The van der Waals surface area contributed by atoms with Crippen LogP contribution in [-0.2, 0) is 6.42 Å². The number of halogens is 2. The van der Waals surface area contributed by atoms with Crippen molar-refractivity contribution >= 4 is 40.6 Å². The zero-order valence-electron chi connectivity index (χ0n) is 10.8. The summed E-state index contributed by atoms with van der Waals surface area (Å²) in [4.78, 5) is 12.1. The van der Waals surface area contributed by atoms with E-state index in [1.807, 2.05) is 0 Å². The molecule has 0 saturated carbocycles. The molecule has 0 unspecified atom stereocenters. The van der Waals surface area contributed by atoms with E-state index in [0.717, 1.165) is 18.5 Å². The van der Waals surface area contributed by atoms with Gasteiger partial charge in [0.15, 0.2) is 5.82 Å². The van der Waals surface area contributed by atoms with Crippen molar-refractivity contribution in [2.24, 2.45) is 0 Å². The minimum atomic E-state index is -0.343. The lowest BCUT2D eigenvalue weighted by Gasteiger charge is -2.06. The van der Waals surface area contributed by atoms with Gasteiger partial charge in [-0.1, -0.05) is 36.5 Å². The van der Waals surface area contributed by atoms with Gasteiger partial charge in [0.05, 0.1) is 15.7 Å². The third-order valence-corrected chi connectivity index (χ3v) is 3.53. The molecule has 2 aromatic rings. The van der Waals surface area contributed by atoms with Crippen LogP contribution in [0.4, 0.5) is 11.5 Å². The Morgan fingerprint density at radius 2 is 2.15 bits per heavy atom. The number of anilines is 2. The quantitative estimate of drug-likeness (QED) is 0.755. The molecule has 0 aliphatic carbocycles. The number of carbonyl (C=O) groups is 1. The SMILES string of the molecule is CCCc1cc(NC(=O)c2cc(N)c(Cl)c(Cl)c2)n[nH]1. The predicted octanol–water partition coefficient (Wildman–Crippen LogP) is 3.50. The molecule has 0 spiro atoms. The van der Waals surface area contributed by atoms with Gasteiger partial charge in [0.25, 0.3) is 5.91 Å². The van der Waals surface area contributed by atoms with E-state index in [9.17, 15) is 4.79 Å². The second-order valence-electron chi connectivity index (χ2n) is 4.34. The smallest absolute Gasteiger partial charge is 0.256 e. The standard InChI is InChI=1S/C13H14Cl2N4O/c1-2-3-8-6-11(19-18-8)17-13(20)7-4-9(14)12(15)10(16)5-7/h4-6H,2-3,16H2,1H3,(H2,17,18,19,20). The van der Waals surface area contributed by atoms with E-state index in [1.165, 1.54) is 12.1 Å². The molecule has 2 rings (SSSR count). The molecule has 0 saturated heterocycles. The maximum atomic E-state index is 12.1. The van der Waals surface area contributed by atoms with Crippen molar-refractivity contribution in [3.05, 3.63) is 39.5 Å². The second-order valence-corrected chi connectivity index (χ2v) is 5.13. The molecule has 0 atom stereocenters. The molecule has 0 fully saturated rings. The highest BCUT2D eigenvalue weighted by Gasteiger charge is 2.12. The Morgan fingerprint density at radius 3 is 2.80 bits per heavy atom. The van der Waals surface area contributed by atoms with Crippen LogP contribution in [0.15, 0.2) is 18.2 Å². The number of aromatic nitrogens is 2. The van der Waals surface area contributed by atoms with Crippen molar-refractivity contribution in [3.8, 4) is 0 Å². The lowest BCUT2D eigenvalue weighted by molar-refractivity contribution is 0.102. The molecule has 20 heavy (non-hydrogen) atoms. The lowest BCUT2D eigenvalue weighted by atomic mass is 10.2. The third-order valence-electron chi connectivity index (χ3n) is 2.71. The van der Waals surface area contributed by atoms with Crippen LogP contribution in [0.25, 0.3) is 0 Å². The highest BCUT2D eigenvalue weighted by Crippen LogP contribution is 2.29. The van der Waals surface area contributed by atoms with E-state index in [2.05, 4.69) is 22.4 Å².